The highest BCUT2D eigenvalue weighted by atomic mass is 32.2. The Balaban J connectivity index is 1.44. The summed E-state index contributed by atoms with van der Waals surface area (Å²) in [6.07, 6.45) is 3.08. The Hall–Kier alpha value is -3.52. The SMILES string of the molecule is CC(C)NC(=O)c1nn(C)cc1NC(=O)Nc1nc2c(s1)CN(c1ccc(S(C)(=O)=O)c(F)c1)CC2. The Morgan fingerprint density at radius 2 is 1.97 bits per heavy atom. The van der Waals surface area contributed by atoms with Crippen LogP contribution in [0.15, 0.2) is 29.3 Å². The predicted octanol–water partition coefficient (Wildman–Crippen LogP) is 2.76. The van der Waals surface area contributed by atoms with Crippen LogP contribution in [0.25, 0.3) is 0 Å². The molecule has 0 bridgehead atoms. The van der Waals surface area contributed by atoms with Crippen LogP contribution in [0.4, 0.5) is 25.7 Å². The summed E-state index contributed by atoms with van der Waals surface area (Å²) < 4.78 is 39.2. The number of urea groups is 1. The molecule has 0 saturated heterocycles. The number of rotatable bonds is 6. The predicted molar refractivity (Wildman–Crippen MR) is 135 cm³/mol. The highest BCUT2D eigenvalue weighted by Gasteiger charge is 2.24. The molecule has 192 valence electrons. The molecule has 0 aliphatic carbocycles. The van der Waals surface area contributed by atoms with Gasteiger partial charge in [0.05, 0.1) is 17.9 Å². The highest BCUT2D eigenvalue weighted by Crippen LogP contribution is 2.32. The molecule has 0 fully saturated rings. The van der Waals surface area contributed by atoms with E-state index in [9.17, 15) is 22.4 Å². The van der Waals surface area contributed by atoms with Crippen molar-refractivity contribution in [2.75, 3.05) is 28.3 Å². The second-order valence-corrected chi connectivity index (χ2v) is 11.8. The number of hydrogen-bond donors (Lipinski definition) is 3. The third-order valence-corrected chi connectivity index (χ3v) is 7.47. The molecule has 36 heavy (non-hydrogen) atoms. The number of benzene rings is 1. The van der Waals surface area contributed by atoms with Crippen LogP contribution in [-0.4, -0.2) is 54.0 Å². The maximum Gasteiger partial charge on any atom is 0.325 e. The second-order valence-electron chi connectivity index (χ2n) is 8.72. The molecule has 14 heteroatoms. The number of carbonyl (C=O) groups is 2. The molecule has 2 aromatic heterocycles. The van der Waals surface area contributed by atoms with E-state index in [1.165, 1.54) is 34.3 Å². The number of hydrogen-bond acceptors (Lipinski definition) is 8. The third-order valence-electron chi connectivity index (χ3n) is 5.34. The van der Waals surface area contributed by atoms with E-state index in [0.29, 0.717) is 30.3 Å². The van der Waals surface area contributed by atoms with Crippen LogP contribution in [0.3, 0.4) is 0 Å². The number of anilines is 3. The van der Waals surface area contributed by atoms with Crippen molar-refractivity contribution in [3.63, 3.8) is 0 Å². The van der Waals surface area contributed by atoms with Gasteiger partial charge in [-0.05, 0) is 32.0 Å². The summed E-state index contributed by atoms with van der Waals surface area (Å²) in [5.74, 6) is -1.19. The summed E-state index contributed by atoms with van der Waals surface area (Å²) in [7, 11) is -2.00. The summed E-state index contributed by atoms with van der Waals surface area (Å²) in [5.41, 5.74) is 1.76. The van der Waals surface area contributed by atoms with Crippen molar-refractivity contribution < 1.29 is 22.4 Å². The number of fused-ring (bicyclic) bond motifs is 1. The highest BCUT2D eigenvalue weighted by molar-refractivity contribution is 7.90. The van der Waals surface area contributed by atoms with Crippen LogP contribution >= 0.6 is 11.3 Å². The number of aryl methyl sites for hydroxylation is 1. The lowest BCUT2D eigenvalue weighted by Crippen LogP contribution is -2.31. The van der Waals surface area contributed by atoms with Crippen molar-refractivity contribution >= 4 is 49.6 Å². The average Bonchev–Trinajstić information content (AvgIpc) is 3.33. The van der Waals surface area contributed by atoms with E-state index in [2.05, 4.69) is 26.0 Å². The first kappa shape index (κ1) is 25.6. The van der Waals surface area contributed by atoms with Gasteiger partial charge in [0.15, 0.2) is 20.7 Å². The first-order chi connectivity index (χ1) is 16.9. The van der Waals surface area contributed by atoms with E-state index >= 15 is 0 Å². The van der Waals surface area contributed by atoms with Crippen LogP contribution in [0.5, 0.6) is 0 Å². The van der Waals surface area contributed by atoms with Gasteiger partial charge in [0.1, 0.15) is 10.7 Å². The number of amides is 3. The molecule has 1 aliphatic heterocycles. The molecular weight excluding hydrogens is 509 g/mol. The van der Waals surface area contributed by atoms with Gasteiger partial charge in [-0.25, -0.2) is 22.6 Å². The molecule has 0 unspecified atom stereocenters. The van der Waals surface area contributed by atoms with Gasteiger partial charge in [-0.15, -0.1) is 0 Å². The van der Waals surface area contributed by atoms with Gasteiger partial charge in [0.25, 0.3) is 5.91 Å². The molecular formula is C22H26FN7O4S2. The fraction of sp³-hybridized carbons (Fsp3) is 0.364. The van der Waals surface area contributed by atoms with Gasteiger partial charge in [-0.1, -0.05) is 11.3 Å². The monoisotopic (exact) mass is 535 g/mol. The van der Waals surface area contributed by atoms with Crippen molar-refractivity contribution in [1.29, 1.82) is 0 Å². The molecule has 0 radical (unpaired) electrons. The minimum absolute atomic E-state index is 0.0866. The van der Waals surface area contributed by atoms with Gasteiger partial charge in [-0.2, -0.15) is 5.10 Å². The van der Waals surface area contributed by atoms with Gasteiger partial charge in [-0.3, -0.25) is 14.8 Å². The van der Waals surface area contributed by atoms with Crippen LogP contribution in [0.2, 0.25) is 0 Å². The van der Waals surface area contributed by atoms with E-state index < -0.39 is 27.6 Å². The molecule has 0 atom stereocenters. The smallest absolute Gasteiger partial charge is 0.325 e. The standard InChI is InChI=1S/C22H26FN7O4S2/c1-12(2)24-20(31)19-16(10-29(3)28-19)25-21(32)27-22-26-15-7-8-30(11-17(15)35-22)13-5-6-18(14(23)9-13)36(4,33)34/h5-6,9-10,12H,7-8,11H2,1-4H3,(H,24,31)(H2,25,26,27,32). The third kappa shape index (κ3) is 5.65. The molecule has 3 amide bonds. The van der Waals surface area contributed by atoms with Crippen molar-refractivity contribution in [3.8, 4) is 0 Å². The minimum Gasteiger partial charge on any atom is -0.366 e. The Morgan fingerprint density at radius 1 is 1.22 bits per heavy atom. The van der Waals surface area contributed by atoms with Crippen LogP contribution < -0.4 is 20.9 Å². The lowest BCUT2D eigenvalue weighted by Gasteiger charge is -2.28. The number of halogens is 1. The number of sulfone groups is 1. The second kappa shape index (κ2) is 9.85. The largest absolute Gasteiger partial charge is 0.366 e. The van der Waals surface area contributed by atoms with Crippen molar-refractivity contribution in [2.45, 2.75) is 37.8 Å². The molecule has 0 spiro atoms. The molecule has 3 aromatic rings. The normalized spacial score (nSPS) is 13.4. The zero-order valence-corrected chi connectivity index (χ0v) is 21.8. The summed E-state index contributed by atoms with van der Waals surface area (Å²) in [4.78, 5) is 32.0. The lowest BCUT2D eigenvalue weighted by atomic mass is 10.1. The minimum atomic E-state index is -3.65. The zero-order valence-electron chi connectivity index (χ0n) is 20.1. The van der Waals surface area contributed by atoms with E-state index in [1.807, 2.05) is 18.7 Å². The summed E-state index contributed by atoms with van der Waals surface area (Å²) >= 11 is 1.29. The van der Waals surface area contributed by atoms with Crippen molar-refractivity contribution in [3.05, 3.63) is 46.5 Å². The number of nitrogens with one attached hydrogen (secondary N) is 3. The van der Waals surface area contributed by atoms with Crippen LogP contribution in [0, 0.1) is 5.82 Å². The molecule has 11 nitrogen and oxygen atoms in total. The fourth-order valence-corrected chi connectivity index (χ4v) is 5.53. The molecule has 4 rings (SSSR count). The Labute approximate surface area is 211 Å². The van der Waals surface area contributed by atoms with Crippen molar-refractivity contribution in [2.24, 2.45) is 7.05 Å². The fourth-order valence-electron chi connectivity index (χ4n) is 3.79. The number of nitrogens with zero attached hydrogens (tertiary/aromatic N) is 4. The van der Waals surface area contributed by atoms with Gasteiger partial charge < -0.3 is 15.5 Å². The Morgan fingerprint density at radius 3 is 2.64 bits per heavy atom. The maximum atomic E-state index is 14.4. The Bertz CT molecular complexity index is 1430. The molecule has 3 N–H and O–H groups in total. The van der Waals surface area contributed by atoms with Crippen molar-refractivity contribution in [1.82, 2.24) is 20.1 Å². The number of aromatic nitrogens is 3. The van der Waals surface area contributed by atoms with Crippen LogP contribution in [0.1, 0.15) is 34.9 Å². The average molecular weight is 536 g/mol. The number of thiazole rings is 1. The summed E-state index contributed by atoms with van der Waals surface area (Å²) in [6, 6.07) is 3.42. The quantitative estimate of drug-likeness (QED) is 0.441. The first-order valence-electron chi connectivity index (χ1n) is 11.1. The van der Waals surface area contributed by atoms with Gasteiger partial charge >= 0.3 is 6.03 Å². The Kier molecular flexibility index (Phi) is 7.00. The summed E-state index contributed by atoms with van der Waals surface area (Å²) in [5, 5.41) is 12.6. The molecule has 0 saturated carbocycles. The summed E-state index contributed by atoms with van der Waals surface area (Å²) in [6.45, 7) is 4.65. The lowest BCUT2D eigenvalue weighted by molar-refractivity contribution is 0.0938. The van der Waals surface area contributed by atoms with Gasteiger partial charge in [0, 0.05) is 49.1 Å². The molecule has 1 aromatic carbocycles. The molecule has 1 aliphatic rings. The zero-order chi connectivity index (χ0) is 26.2. The molecule has 3 heterocycles. The number of carbonyl (C=O) groups excluding carboxylic acids is 2. The van der Waals surface area contributed by atoms with E-state index in [1.54, 1.807) is 13.1 Å². The van der Waals surface area contributed by atoms with Crippen LogP contribution in [-0.2, 0) is 29.9 Å². The first-order valence-corrected chi connectivity index (χ1v) is 13.8. The van der Waals surface area contributed by atoms with E-state index in [4.69, 9.17) is 0 Å². The van der Waals surface area contributed by atoms with Gasteiger partial charge in [0.2, 0.25) is 0 Å². The topological polar surface area (TPSA) is 138 Å². The maximum absolute atomic E-state index is 14.4. The van der Waals surface area contributed by atoms with E-state index in [-0.39, 0.29) is 22.3 Å². The van der Waals surface area contributed by atoms with E-state index in [0.717, 1.165) is 16.8 Å².